The molecular weight excluding hydrogens is 341 g/mol. The van der Waals surface area contributed by atoms with Crippen molar-refractivity contribution in [1.29, 1.82) is 0 Å². The van der Waals surface area contributed by atoms with E-state index in [0.29, 0.717) is 16.5 Å². The van der Waals surface area contributed by atoms with Gasteiger partial charge in [-0.15, -0.1) is 0 Å². The van der Waals surface area contributed by atoms with E-state index in [9.17, 15) is 21.6 Å². The molecule has 0 bridgehead atoms. The van der Waals surface area contributed by atoms with Gasteiger partial charge in [-0.25, -0.2) is 0 Å². The monoisotopic (exact) mass is 352 g/mol. The van der Waals surface area contributed by atoms with Gasteiger partial charge in [-0.05, 0) is 23.6 Å². The topological polar surface area (TPSA) is 61.8 Å². The summed E-state index contributed by atoms with van der Waals surface area (Å²) < 4.78 is 73.9. The Bertz CT molecular complexity index is 804. The Balaban J connectivity index is 2.60. The van der Waals surface area contributed by atoms with Gasteiger partial charge in [0.1, 0.15) is 5.75 Å². The maximum atomic E-state index is 12.4. The van der Waals surface area contributed by atoms with E-state index in [1.54, 1.807) is 12.1 Å². The normalized spacial score (nSPS) is 12.4. The van der Waals surface area contributed by atoms with Crippen LogP contribution in [0.3, 0.4) is 0 Å². The highest BCUT2D eigenvalue weighted by molar-refractivity contribution is 7.88. The summed E-state index contributed by atoms with van der Waals surface area (Å²) in [5, 5.41) is 1.03. The maximum Gasteiger partial charge on any atom is 0.534 e. The predicted molar refractivity (Wildman–Crippen MR) is 76.7 cm³/mol. The molecule has 22 heavy (non-hydrogen) atoms. The molecule has 0 saturated carbocycles. The van der Waals surface area contributed by atoms with E-state index in [1.165, 1.54) is 19.2 Å². The highest BCUT2D eigenvalue weighted by Gasteiger charge is 2.49. The Labute approximate surface area is 127 Å². The number of fused-ring (bicyclic) bond motifs is 1. The molecule has 0 aromatic heterocycles. The van der Waals surface area contributed by atoms with Crippen molar-refractivity contribution >= 4 is 31.4 Å². The minimum atomic E-state index is -5.76. The lowest BCUT2D eigenvalue weighted by atomic mass is 10.1. The van der Waals surface area contributed by atoms with E-state index in [1.807, 2.05) is 0 Å². The van der Waals surface area contributed by atoms with Crippen LogP contribution >= 0.6 is 0 Å². The first-order valence-electron chi connectivity index (χ1n) is 5.85. The first-order chi connectivity index (χ1) is 10.2. The van der Waals surface area contributed by atoms with Crippen molar-refractivity contribution < 1.29 is 34.9 Å². The van der Waals surface area contributed by atoms with Crippen LogP contribution < -0.4 is 13.3 Å². The quantitative estimate of drug-likeness (QED) is 0.476. The van der Waals surface area contributed by atoms with Crippen LogP contribution in [0, 0.1) is 0 Å². The molecule has 0 unspecified atom stereocenters. The molecule has 2 rings (SSSR count). The Kier molecular flexibility index (Phi) is 4.25. The minimum Gasteiger partial charge on any atom is -0.550 e. The van der Waals surface area contributed by atoms with E-state index in [4.69, 9.17) is 9.16 Å². The largest absolute Gasteiger partial charge is 0.550 e. The molecule has 0 saturated heterocycles. The zero-order chi connectivity index (χ0) is 16.5. The summed E-state index contributed by atoms with van der Waals surface area (Å²) in [5.41, 5.74) is -5.52. The average Bonchev–Trinajstić information content (AvgIpc) is 2.44. The molecule has 0 spiro atoms. The van der Waals surface area contributed by atoms with Crippen LogP contribution in [0.15, 0.2) is 30.3 Å². The molecule has 0 amide bonds. The number of hydrogen-bond acceptors (Lipinski definition) is 5. The average molecular weight is 352 g/mol. The van der Waals surface area contributed by atoms with Crippen LogP contribution in [0.1, 0.15) is 0 Å². The first kappa shape index (κ1) is 16.4. The van der Waals surface area contributed by atoms with Gasteiger partial charge in [0.25, 0.3) is 0 Å². The van der Waals surface area contributed by atoms with Crippen molar-refractivity contribution in [2.24, 2.45) is 0 Å². The number of hydrogen-bond donors (Lipinski definition) is 0. The highest BCUT2D eigenvalue weighted by atomic mass is 32.2. The summed E-state index contributed by atoms with van der Waals surface area (Å²) in [6.45, 7) is 0. The molecule has 2 aromatic carbocycles. The van der Waals surface area contributed by atoms with Crippen molar-refractivity contribution in [2.45, 2.75) is 5.51 Å². The van der Waals surface area contributed by atoms with Gasteiger partial charge >= 0.3 is 15.6 Å². The van der Waals surface area contributed by atoms with E-state index in [2.05, 4.69) is 4.18 Å². The van der Waals surface area contributed by atoms with Crippen molar-refractivity contribution in [3.05, 3.63) is 30.3 Å². The lowest BCUT2D eigenvalue weighted by Crippen LogP contribution is -2.28. The van der Waals surface area contributed by atoms with Crippen molar-refractivity contribution in [3.8, 4) is 17.2 Å². The Hall–Kier alpha value is -1.94. The summed E-state index contributed by atoms with van der Waals surface area (Å²) in [5.74, 6) is -0.146. The maximum absolute atomic E-state index is 12.4. The van der Waals surface area contributed by atoms with Crippen molar-refractivity contribution in [2.75, 3.05) is 7.11 Å². The smallest absolute Gasteiger partial charge is 0.534 e. The molecular formula is C12H11F3O5SSi. The van der Waals surface area contributed by atoms with E-state index >= 15 is 0 Å². The Morgan fingerprint density at radius 3 is 2.32 bits per heavy atom. The molecule has 0 radical (unpaired) electrons. The van der Waals surface area contributed by atoms with Crippen LogP contribution in [0.2, 0.25) is 0 Å². The second-order valence-electron chi connectivity index (χ2n) is 4.17. The number of alkyl halides is 3. The minimum absolute atomic E-state index is 0.0732. The van der Waals surface area contributed by atoms with Gasteiger partial charge in [0.05, 0.1) is 7.11 Å². The lowest BCUT2D eigenvalue weighted by Gasteiger charge is -2.15. The van der Waals surface area contributed by atoms with Gasteiger partial charge in [-0.2, -0.15) is 21.6 Å². The van der Waals surface area contributed by atoms with Gasteiger partial charge in [-0.1, -0.05) is 12.1 Å². The highest BCUT2D eigenvalue weighted by Crippen LogP contribution is 2.39. The second-order valence-corrected chi connectivity index (χ2v) is 6.11. The summed E-state index contributed by atoms with van der Waals surface area (Å²) in [6, 6.07) is 7.40. The summed E-state index contributed by atoms with van der Waals surface area (Å²) in [7, 11) is -4.21. The Morgan fingerprint density at radius 1 is 1.14 bits per heavy atom. The lowest BCUT2D eigenvalue weighted by molar-refractivity contribution is -0.0500. The molecule has 0 fully saturated rings. The number of halogens is 3. The molecule has 2 aromatic rings. The predicted octanol–water partition coefficient (Wildman–Crippen LogP) is 1.74. The first-order valence-corrected chi connectivity index (χ1v) is 8.07. The fourth-order valence-corrected chi connectivity index (χ4v) is 2.70. The SMILES string of the molecule is COc1ccc2ccc(OS(=O)(=O)C(F)(F)F)c(O[SiH3])c2c1. The van der Waals surface area contributed by atoms with Crippen LogP contribution in [0.4, 0.5) is 13.2 Å². The van der Waals surface area contributed by atoms with E-state index < -0.39 is 21.4 Å². The summed E-state index contributed by atoms with van der Waals surface area (Å²) in [4.78, 5) is 0. The van der Waals surface area contributed by atoms with Crippen LogP contribution in [-0.2, 0) is 10.1 Å². The van der Waals surface area contributed by atoms with Gasteiger partial charge in [0.2, 0.25) is 10.5 Å². The molecule has 0 heterocycles. The molecule has 10 heteroatoms. The molecule has 5 nitrogen and oxygen atoms in total. The summed E-state index contributed by atoms with van der Waals surface area (Å²) >= 11 is 0. The third kappa shape index (κ3) is 2.97. The van der Waals surface area contributed by atoms with Gasteiger partial charge in [0.15, 0.2) is 11.5 Å². The number of methoxy groups -OCH3 is 1. The number of benzene rings is 2. The van der Waals surface area contributed by atoms with Gasteiger partial charge in [-0.3, -0.25) is 0 Å². The Morgan fingerprint density at radius 2 is 1.77 bits per heavy atom. The zero-order valence-electron chi connectivity index (χ0n) is 11.5. The number of ether oxygens (including phenoxy) is 1. The van der Waals surface area contributed by atoms with Crippen LogP contribution in [-0.4, -0.2) is 31.5 Å². The van der Waals surface area contributed by atoms with Crippen LogP contribution in [0.5, 0.6) is 17.2 Å². The standard InChI is InChI=1S/C12H11F3O5SSi/c1-18-8-4-2-7-3-5-10(11(20-22)9(7)6-8)19-21(16,17)12(13,14)15/h2-6H,1,22H3. The molecule has 120 valence electrons. The third-order valence-electron chi connectivity index (χ3n) is 2.83. The van der Waals surface area contributed by atoms with Gasteiger partial charge in [0, 0.05) is 5.39 Å². The molecule has 0 N–H and O–H groups in total. The molecule has 0 aliphatic rings. The fraction of sp³-hybridized carbons (Fsp3) is 0.167. The van der Waals surface area contributed by atoms with E-state index in [-0.39, 0.29) is 16.2 Å². The third-order valence-corrected chi connectivity index (χ3v) is 4.20. The van der Waals surface area contributed by atoms with Crippen molar-refractivity contribution in [1.82, 2.24) is 0 Å². The number of rotatable bonds is 4. The molecule has 0 aliphatic carbocycles. The second kappa shape index (κ2) is 5.69. The molecule has 0 aliphatic heterocycles. The van der Waals surface area contributed by atoms with Crippen molar-refractivity contribution in [3.63, 3.8) is 0 Å². The fourth-order valence-electron chi connectivity index (χ4n) is 1.82. The molecule has 0 atom stereocenters. The zero-order valence-corrected chi connectivity index (χ0v) is 14.3. The summed E-state index contributed by atoms with van der Waals surface area (Å²) in [6.07, 6.45) is 0. The van der Waals surface area contributed by atoms with Crippen LogP contribution in [0.25, 0.3) is 10.8 Å². The van der Waals surface area contributed by atoms with Gasteiger partial charge < -0.3 is 13.3 Å². The van der Waals surface area contributed by atoms with E-state index in [0.717, 1.165) is 6.07 Å².